The van der Waals surface area contributed by atoms with Crippen LogP contribution in [0.15, 0.2) is 0 Å². The maximum atomic E-state index is 11.1. The molecule has 0 heterocycles. The predicted molar refractivity (Wildman–Crippen MR) is 60.1 cm³/mol. The molecule has 0 aliphatic rings. The van der Waals surface area contributed by atoms with Gasteiger partial charge in [0, 0.05) is 0 Å². The van der Waals surface area contributed by atoms with Gasteiger partial charge in [0.2, 0.25) is 0 Å². The van der Waals surface area contributed by atoms with Crippen LogP contribution in [0.1, 0.15) is 39.5 Å². The van der Waals surface area contributed by atoms with Crippen LogP contribution in [0, 0.1) is 0 Å². The molecule has 5 nitrogen and oxygen atoms in total. The van der Waals surface area contributed by atoms with Crippen LogP contribution in [0.2, 0.25) is 0 Å². The highest BCUT2D eigenvalue weighted by Gasteiger charge is 2.06. The maximum Gasteiger partial charge on any atom is 0.407 e. The van der Waals surface area contributed by atoms with E-state index in [1.54, 1.807) is 0 Å². The van der Waals surface area contributed by atoms with E-state index in [1.165, 1.54) is 0 Å². The largest absolute Gasteiger partial charge is 0.464 e. The van der Waals surface area contributed by atoms with E-state index in [0.29, 0.717) is 13.2 Å². The van der Waals surface area contributed by atoms with Gasteiger partial charge in [-0.2, -0.15) is 0 Å². The summed E-state index contributed by atoms with van der Waals surface area (Å²) in [7, 11) is 0. The fourth-order valence-corrected chi connectivity index (χ4v) is 0.886. The number of rotatable bonds is 8. The summed E-state index contributed by atoms with van der Waals surface area (Å²) in [6, 6.07) is 0. The van der Waals surface area contributed by atoms with Crippen molar-refractivity contribution in [3.8, 4) is 0 Å². The molecule has 5 heteroatoms. The molecular formula is C11H21NO4. The minimum atomic E-state index is -0.569. The van der Waals surface area contributed by atoms with Crippen molar-refractivity contribution in [2.75, 3.05) is 19.8 Å². The lowest BCUT2D eigenvalue weighted by Crippen LogP contribution is -2.31. The standard InChI is InChI=1S/C11H21NO4/c1-3-5-7-15-10(13)9-12-11(14)16-8-6-4-2/h3-9H2,1-2H3,(H,12,14). The van der Waals surface area contributed by atoms with Crippen LogP contribution in [0.4, 0.5) is 4.79 Å². The maximum absolute atomic E-state index is 11.1. The number of unbranched alkanes of at least 4 members (excludes halogenated alkanes) is 2. The van der Waals surface area contributed by atoms with E-state index >= 15 is 0 Å². The van der Waals surface area contributed by atoms with Gasteiger partial charge in [0.05, 0.1) is 13.2 Å². The van der Waals surface area contributed by atoms with Gasteiger partial charge in [-0.3, -0.25) is 4.79 Å². The van der Waals surface area contributed by atoms with Crippen molar-refractivity contribution in [2.45, 2.75) is 39.5 Å². The third kappa shape index (κ3) is 9.30. The molecule has 1 amide bonds. The second kappa shape index (κ2) is 10.3. The number of hydrogen-bond donors (Lipinski definition) is 1. The number of amides is 1. The van der Waals surface area contributed by atoms with Gasteiger partial charge in [0.25, 0.3) is 0 Å². The average molecular weight is 231 g/mol. The number of carbonyl (C=O) groups is 2. The van der Waals surface area contributed by atoms with Gasteiger partial charge in [-0.25, -0.2) is 4.79 Å². The molecule has 0 aromatic heterocycles. The number of esters is 1. The van der Waals surface area contributed by atoms with Gasteiger partial charge >= 0.3 is 12.1 Å². The Hall–Kier alpha value is -1.26. The molecule has 0 bridgehead atoms. The van der Waals surface area contributed by atoms with Crippen molar-refractivity contribution < 1.29 is 19.1 Å². The Morgan fingerprint density at radius 1 is 1.00 bits per heavy atom. The molecule has 0 fully saturated rings. The number of carbonyl (C=O) groups excluding carboxylic acids is 2. The van der Waals surface area contributed by atoms with Crippen molar-refractivity contribution in [2.24, 2.45) is 0 Å². The highest BCUT2D eigenvalue weighted by molar-refractivity contribution is 5.77. The van der Waals surface area contributed by atoms with Crippen LogP contribution >= 0.6 is 0 Å². The van der Waals surface area contributed by atoms with Crippen LogP contribution in [-0.2, 0) is 14.3 Å². The Bertz CT molecular complexity index is 184. The summed E-state index contributed by atoms with van der Waals surface area (Å²) in [5.41, 5.74) is 0. The molecule has 94 valence electrons. The topological polar surface area (TPSA) is 64.6 Å². The molecule has 1 N–H and O–H groups in total. The Kier molecular flexibility index (Phi) is 9.46. The molecule has 0 radical (unpaired) electrons. The SMILES string of the molecule is CCCCOC(=O)CNC(=O)OCCCC. The zero-order valence-electron chi connectivity index (χ0n) is 10.1. The molecule has 0 aliphatic heterocycles. The third-order valence-electron chi connectivity index (χ3n) is 1.87. The van der Waals surface area contributed by atoms with E-state index in [4.69, 9.17) is 9.47 Å². The number of hydrogen-bond acceptors (Lipinski definition) is 4. The van der Waals surface area contributed by atoms with E-state index in [2.05, 4.69) is 5.32 Å². The minimum absolute atomic E-state index is 0.130. The predicted octanol–water partition coefficient (Wildman–Crippen LogP) is 1.86. The van der Waals surface area contributed by atoms with Crippen LogP contribution in [0.25, 0.3) is 0 Å². The second-order valence-electron chi connectivity index (χ2n) is 3.42. The highest BCUT2D eigenvalue weighted by atomic mass is 16.6. The molecule has 0 saturated carbocycles. The van der Waals surface area contributed by atoms with E-state index in [9.17, 15) is 9.59 Å². The van der Waals surface area contributed by atoms with Crippen LogP contribution in [0.3, 0.4) is 0 Å². The fraction of sp³-hybridized carbons (Fsp3) is 0.818. The van der Waals surface area contributed by atoms with Crippen molar-refractivity contribution in [3.05, 3.63) is 0 Å². The fourth-order valence-electron chi connectivity index (χ4n) is 0.886. The first-order valence-corrected chi connectivity index (χ1v) is 5.77. The Morgan fingerprint density at radius 3 is 2.12 bits per heavy atom. The lowest BCUT2D eigenvalue weighted by atomic mass is 10.4. The quantitative estimate of drug-likeness (QED) is 0.511. The first-order chi connectivity index (χ1) is 7.70. The summed E-state index contributed by atoms with van der Waals surface area (Å²) in [4.78, 5) is 22.1. The number of ether oxygens (including phenoxy) is 2. The van der Waals surface area contributed by atoms with E-state index in [-0.39, 0.29) is 6.54 Å². The zero-order valence-corrected chi connectivity index (χ0v) is 10.1. The summed E-state index contributed by atoms with van der Waals surface area (Å²) in [6.45, 7) is 4.67. The van der Waals surface area contributed by atoms with Gasteiger partial charge in [0.15, 0.2) is 0 Å². The second-order valence-corrected chi connectivity index (χ2v) is 3.42. The molecule has 0 atom stereocenters. The number of nitrogens with one attached hydrogen (secondary N) is 1. The van der Waals surface area contributed by atoms with Crippen molar-refractivity contribution in [1.82, 2.24) is 5.32 Å². The first kappa shape index (κ1) is 14.7. The normalized spacial score (nSPS) is 9.62. The summed E-state index contributed by atoms with van der Waals surface area (Å²) >= 11 is 0. The lowest BCUT2D eigenvalue weighted by Gasteiger charge is -2.06. The summed E-state index contributed by atoms with van der Waals surface area (Å²) < 4.78 is 9.65. The molecule has 0 aromatic rings. The Labute approximate surface area is 96.5 Å². The van der Waals surface area contributed by atoms with Crippen LogP contribution in [0.5, 0.6) is 0 Å². The van der Waals surface area contributed by atoms with Crippen LogP contribution in [-0.4, -0.2) is 31.8 Å². The first-order valence-electron chi connectivity index (χ1n) is 5.77. The molecule has 0 unspecified atom stereocenters. The summed E-state index contributed by atoms with van der Waals surface area (Å²) in [5.74, 6) is -0.430. The van der Waals surface area contributed by atoms with Gasteiger partial charge in [-0.1, -0.05) is 26.7 Å². The van der Waals surface area contributed by atoms with Crippen molar-refractivity contribution in [1.29, 1.82) is 0 Å². The highest BCUT2D eigenvalue weighted by Crippen LogP contribution is 1.90. The molecular weight excluding hydrogens is 210 g/mol. The van der Waals surface area contributed by atoms with E-state index in [1.807, 2.05) is 13.8 Å². The van der Waals surface area contributed by atoms with Gasteiger partial charge < -0.3 is 14.8 Å². The van der Waals surface area contributed by atoms with Crippen molar-refractivity contribution in [3.63, 3.8) is 0 Å². The van der Waals surface area contributed by atoms with Crippen molar-refractivity contribution >= 4 is 12.1 Å². The monoisotopic (exact) mass is 231 g/mol. The molecule has 0 spiro atoms. The molecule has 0 aliphatic carbocycles. The van der Waals surface area contributed by atoms with Gasteiger partial charge in [-0.15, -0.1) is 0 Å². The number of alkyl carbamates (subject to hydrolysis) is 1. The smallest absolute Gasteiger partial charge is 0.407 e. The summed E-state index contributed by atoms with van der Waals surface area (Å²) in [5, 5.41) is 2.33. The molecule has 0 saturated heterocycles. The molecule has 0 rings (SSSR count). The van der Waals surface area contributed by atoms with Gasteiger partial charge in [0.1, 0.15) is 6.54 Å². The van der Waals surface area contributed by atoms with E-state index in [0.717, 1.165) is 25.7 Å². The van der Waals surface area contributed by atoms with Gasteiger partial charge in [-0.05, 0) is 12.8 Å². The third-order valence-corrected chi connectivity index (χ3v) is 1.87. The molecule has 16 heavy (non-hydrogen) atoms. The molecule has 0 aromatic carbocycles. The lowest BCUT2D eigenvalue weighted by molar-refractivity contribution is -0.142. The Balaban J connectivity index is 3.40. The van der Waals surface area contributed by atoms with Crippen LogP contribution < -0.4 is 5.32 Å². The summed E-state index contributed by atoms with van der Waals surface area (Å²) in [6.07, 6.45) is 3.04. The zero-order chi connectivity index (χ0) is 12.2. The van der Waals surface area contributed by atoms with E-state index < -0.39 is 12.1 Å². The Morgan fingerprint density at radius 2 is 1.56 bits per heavy atom. The minimum Gasteiger partial charge on any atom is -0.464 e. The average Bonchev–Trinajstić information content (AvgIpc) is 2.27.